The van der Waals surface area contributed by atoms with Crippen molar-refractivity contribution in [3.8, 4) is 11.8 Å². The second kappa shape index (κ2) is 5.78. The molecule has 1 aromatic rings. The lowest BCUT2D eigenvalue weighted by atomic mass is 10.1. The number of carbonyl (C=O) groups excluding carboxylic acids is 1. The van der Waals surface area contributed by atoms with Crippen LogP contribution in [0.5, 0.6) is 0 Å². The predicted octanol–water partition coefficient (Wildman–Crippen LogP) is 3.27. The van der Waals surface area contributed by atoms with E-state index in [1.165, 1.54) is 13.2 Å². The second-order valence-corrected chi connectivity index (χ2v) is 3.72. The van der Waals surface area contributed by atoms with Gasteiger partial charge < -0.3 is 4.74 Å². The molecule has 0 bridgehead atoms. The van der Waals surface area contributed by atoms with Crippen LogP contribution < -0.4 is 0 Å². The number of hydrogen-bond acceptors (Lipinski definition) is 2. The van der Waals surface area contributed by atoms with Crippen LogP contribution in [-0.2, 0) is 15.7 Å². The van der Waals surface area contributed by atoms with Crippen molar-refractivity contribution >= 4 is 17.6 Å². The van der Waals surface area contributed by atoms with Gasteiger partial charge in [-0.05, 0) is 18.2 Å². The highest BCUT2D eigenvalue weighted by Gasteiger charge is 2.30. The number of hydrogen-bond donors (Lipinski definition) is 0. The van der Waals surface area contributed by atoms with Gasteiger partial charge in [-0.25, -0.2) is 0 Å². The van der Waals surface area contributed by atoms with Gasteiger partial charge in [0, 0.05) is 10.6 Å². The van der Waals surface area contributed by atoms with Crippen molar-refractivity contribution in [1.29, 1.82) is 0 Å². The Morgan fingerprint density at radius 1 is 1.39 bits per heavy atom. The van der Waals surface area contributed by atoms with Crippen LogP contribution in [0.3, 0.4) is 0 Å². The molecular formula is C12H8ClF3O2. The molecule has 0 fully saturated rings. The molecule has 0 atom stereocenters. The first-order valence-electron chi connectivity index (χ1n) is 4.76. The first kappa shape index (κ1) is 14.4. The van der Waals surface area contributed by atoms with Crippen LogP contribution in [0.15, 0.2) is 18.2 Å². The van der Waals surface area contributed by atoms with Crippen molar-refractivity contribution < 1.29 is 22.7 Å². The van der Waals surface area contributed by atoms with E-state index in [0.29, 0.717) is 0 Å². The van der Waals surface area contributed by atoms with Gasteiger partial charge >= 0.3 is 12.1 Å². The Kier molecular flexibility index (Phi) is 4.62. The molecule has 0 spiro atoms. The zero-order valence-corrected chi connectivity index (χ0v) is 10.0. The van der Waals surface area contributed by atoms with Gasteiger partial charge in [0.15, 0.2) is 0 Å². The molecule has 96 valence electrons. The number of ether oxygens (including phenoxy) is 1. The van der Waals surface area contributed by atoms with Crippen molar-refractivity contribution in [2.24, 2.45) is 0 Å². The van der Waals surface area contributed by atoms with E-state index in [0.717, 1.165) is 12.1 Å². The maximum absolute atomic E-state index is 12.5. The Balaban J connectivity index is 2.97. The van der Waals surface area contributed by atoms with Gasteiger partial charge in [-0.1, -0.05) is 23.4 Å². The minimum atomic E-state index is -4.48. The van der Waals surface area contributed by atoms with E-state index in [2.05, 4.69) is 16.6 Å². The normalized spacial score (nSPS) is 10.5. The lowest BCUT2D eigenvalue weighted by molar-refractivity contribution is -0.139. The molecular weight excluding hydrogens is 269 g/mol. The molecule has 0 heterocycles. The summed E-state index contributed by atoms with van der Waals surface area (Å²) in [5.74, 6) is 4.28. The third kappa shape index (κ3) is 4.30. The van der Waals surface area contributed by atoms with Gasteiger partial charge in [0.25, 0.3) is 0 Å². The number of halogens is 4. The number of methoxy groups -OCH3 is 1. The van der Waals surface area contributed by atoms with Gasteiger partial charge in [-0.2, -0.15) is 13.2 Å². The molecule has 0 amide bonds. The minimum absolute atomic E-state index is 0.0628. The van der Waals surface area contributed by atoms with Crippen LogP contribution in [0, 0.1) is 11.8 Å². The maximum Gasteiger partial charge on any atom is 0.416 e. The van der Waals surface area contributed by atoms with Crippen LogP contribution in [0.2, 0.25) is 5.02 Å². The number of benzene rings is 1. The first-order chi connectivity index (χ1) is 8.32. The van der Waals surface area contributed by atoms with Gasteiger partial charge in [-0.3, -0.25) is 4.79 Å². The van der Waals surface area contributed by atoms with Gasteiger partial charge in [0.05, 0.1) is 12.7 Å². The first-order valence-corrected chi connectivity index (χ1v) is 5.14. The minimum Gasteiger partial charge on any atom is -0.468 e. The average molecular weight is 277 g/mol. The topological polar surface area (TPSA) is 26.3 Å². The summed E-state index contributed by atoms with van der Waals surface area (Å²) in [6, 6.07) is 2.98. The van der Waals surface area contributed by atoms with Gasteiger partial charge in [-0.15, -0.1) is 0 Å². The summed E-state index contributed by atoms with van der Waals surface area (Å²) in [5.41, 5.74) is -0.781. The van der Waals surface area contributed by atoms with Crippen molar-refractivity contribution in [2.45, 2.75) is 12.6 Å². The van der Waals surface area contributed by atoms with Crippen molar-refractivity contribution in [2.75, 3.05) is 7.11 Å². The van der Waals surface area contributed by atoms with E-state index in [1.807, 2.05) is 0 Å². The SMILES string of the molecule is COC(=O)CC#Cc1cc(Cl)cc(C(F)(F)F)c1. The van der Waals surface area contributed by atoms with Crippen LogP contribution in [0.25, 0.3) is 0 Å². The highest BCUT2D eigenvalue weighted by atomic mass is 35.5. The predicted molar refractivity (Wildman–Crippen MR) is 60.0 cm³/mol. The van der Waals surface area contributed by atoms with Gasteiger partial charge in [0.2, 0.25) is 0 Å². The Hall–Kier alpha value is -1.67. The fraction of sp³-hybridized carbons (Fsp3) is 0.250. The highest BCUT2D eigenvalue weighted by Crippen LogP contribution is 2.31. The summed E-state index contributed by atoms with van der Waals surface area (Å²) in [6.45, 7) is 0. The molecule has 0 aromatic heterocycles. The third-order valence-electron chi connectivity index (χ3n) is 1.92. The third-order valence-corrected chi connectivity index (χ3v) is 2.14. The summed E-state index contributed by atoms with van der Waals surface area (Å²) in [4.78, 5) is 10.8. The molecule has 0 aliphatic carbocycles. The number of alkyl halides is 3. The van der Waals surface area contributed by atoms with E-state index in [9.17, 15) is 18.0 Å². The summed E-state index contributed by atoms with van der Waals surface area (Å²) in [6.07, 6.45) is -4.67. The Labute approximate surface area is 107 Å². The average Bonchev–Trinajstić information content (AvgIpc) is 2.27. The molecule has 0 saturated carbocycles. The number of rotatable bonds is 1. The smallest absolute Gasteiger partial charge is 0.416 e. The number of carbonyl (C=O) groups is 1. The molecule has 2 nitrogen and oxygen atoms in total. The molecule has 0 radical (unpaired) electrons. The molecule has 1 rings (SSSR count). The Bertz CT molecular complexity index is 512. The molecule has 18 heavy (non-hydrogen) atoms. The van der Waals surface area contributed by atoms with Crippen LogP contribution in [-0.4, -0.2) is 13.1 Å². The zero-order chi connectivity index (χ0) is 13.8. The zero-order valence-electron chi connectivity index (χ0n) is 9.27. The van der Waals surface area contributed by atoms with E-state index < -0.39 is 17.7 Å². The summed E-state index contributed by atoms with van der Waals surface area (Å²) in [7, 11) is 1.20. The molecule has 0 saturated heterocycles. The summed E-state index contributed by atoms with van der Waals surface area (Å²) in [5, 5.41) is -0.0628. The fourth-order valence-electron chi connectivity index (χ4n) is 1.12. The van der Waals surface area contributed by atoms with E-state index in [1.54, 1.807) is 0 Å². The second-order valence-electron chi connectivity index (χ2n) is 3.28. The molecule has 0 aliphatic rings. The fourth-order valence-corrected chi connectivity index (χ4v) is 1.35. The van der Waals surface area contributed by atoms with E-state index in [-0.39, 0.29) is 17.0 Å². The quantitative estimate of drug-likeness (QED) is 0.581. The van der Waals surface area contributed by atoms with Crippen molar-refractivity contribution in [1.82, 2.24) is 0 Å². The number of esters is 1. The van der Waals surface area contributed by atoms with Crippen LogP contribution in [0.4, 0.5) is 13.2 Å². The molecule has 1 aromatic carbocycles. The lowest BCUT2D eigenvalue weighted by Gasteiger charge is -2.07. The molecule has 6 heteroatoms. The van der Waals surface area contributed by atoms with Crippen molar-refractivity contribution in [3.05, 3.63) is 34.3 Å². The molecule has 0 unspecified atom stereocenters. The molecule has 0 N–H and O–H groups in total. The lowest BCUT2D eigenvalue weighted by Crippen LogP contribution is -2.05. The largest absolute Gasteiger partial charge is 0.468 e. The van der Waals surface area contributed by atoms with E-state index >= 15 is 0 Å². The summed E-state index contributed by atoms with van der Waals surface area (Å²) >= 11 is 5.57. The molecule has 0 aliphatic heterocycles. The Morgan fingerprint density at radius 3 is 2.61 bits per heavy atom. The maximum atomic E-state index is 12.5. The Morgan fingerprint density at radius 2 is 2.06 bits per heavy atom. The summed E-state index contributed by atoms with van der Waals surface area (Å²) < 4.78 is 41.8. The highest BCUT2D eigenvalue weighted by molar-refractivity contribution is 6.30. The standard InChI is InChI=1S/C12H8ClF3O2/c1-18-11(17)4-2-3-8-5-9(12(14,15)16)7-10(13)6-8/h5-7H,4H2,1H3. The van der Waals surface area contributed by atoms with Crippen LogP contribution >= 0.6 is 11.6 Å². The monoisotopic (exact) mass is 276 g/mol. The van der Waals surface area contributed by atoms with Crippen molar-refractivity contribution in [3.63, 3.8) is 0 Å². The van der Waals surface area contributed by atoms with Crippen LogP contribution in [0.1, 0.15) is 17.5 Å². The van der Waals surface area contributed by atoms with Gasteiger partial charge in [0.1, 0.15) is 6.42 Å². The van der Waals surface area contributed by atoms with E-state index in [4.69, 9.17) is 11.6 Å².